The van der Waals surface area contributed by atoms with Crippen LogP contribution in [0.2, 0.25) is 0 Å². The third-order valence-corrected chi connectivity index (χ3v) is 4.42. The van der Waals surface area contributed by atoms with E-state index in [0.29, 0.717) is 0 Å². The van der Waals surface area contributed by atoms with Crippen LogP contribution in [0.25, 0.3) is 0 Å². The quantitative estimate of drug-likeness (QED) is 0.304. The fourth-order valence-electron chi connectivity index (χ4n) is 2.61. The van der Waals surface area contributed by atoms with Crippen LogP contribution in [-0.4, -0.2) is 52.5 Å². The lowest BCUT2D eigenvalue weighted by atomic mass is 10.2. The molecule has 1 saturated carbocycles. The zero-order chi connectivity index (χ0) is 18.3. The largest absolute Gasteiger partial charge is 0.381 e. The van der Waals surface area contributed by atoms with Crippen LogP contribution in [0.4, 0.5) is 0 Å². The lowest BCUT2D eigenvalue weighted by molar-refractivity contribution is 0.123. The van der Waals surface area contributed by atoms with E-state index < -0.39 is 0 Å². The molecule has 146 valence electrons. The maximum atomic E-state index is 5.71. The maximum Gasteiger partial charge on any atom is 0.190 e. The van der Waals surface area contributed by atoms with E-state index in [0.717, 1.165) is 77.1 Å². The van der Waals surface area contributed by atoms with Crippen molar-refractivity contribution in [2.24, 2.45) is 10.9 Å². The minimum Gasteiger partial charge on any atom is -0.381 e. The molecule has 0 saturated heterocycles. The molecule has 5 nitrogen and oxygen atoms in total. The van der Waals surface area contributed by atoms with E-state index in [1.54, 1.807) is 0 Å². The molecule has 0 unspecified atom stereocenters. The molecule has 1 aromatic carbocycles. The Labute approximate surface area is 158 Å². The van der Waals surface area contributed by atoms with Gasteiger partial charge in [-0.3, -0.25) is 4.99 Å². The molecular formula is C21H35N3O2. The summed E-state index contributed by atoms with van der Waals surface area (Å²) < 4.78 is 11.3. The van der Waals surface area contributed by atoms with Crippen LogP contribution in [0, 0.1) is 5.92 Å². The molecule has 1 aliphatic rings. The molecule has 0 atom stereocenters. The second kappa shape index (κ2) is 13.6. The molecule has 2 N–H and O–H groups in total. The van der Waals surface area contributed by atoms with Crippen molar-refractivity contribution in [3.8, 4) is 0 Å². The van der Waals surface area contributed by atoms with Gasteiger partial charge in [-0.15, -0.1) is 0 Å². The number of rotatable bonds is 14. The number of hydrogen-bond donors (Lipinski definition) is 2. The summed E-state index contributed by atoms with van der Waals surface area (Å²) in [5.41, 5.74) is 1.34. The zero-order valence-electron chi connectivity index (χ0n) is 16.2. The van der Waals surface area contributed by atoms with E-state index in [-0.39, 0.29) is 0 Å². The minimum atomic E-state index is 0.795. The van der Waals surface area contributed by atoms with Gasteiger partial charge in [0.05, 0.1) is 6.61 Å². The molecular weight excluding hydrogens is 326 g/mol. The van der Waals surface area contributed by atoms with Gasteiger partial charge >= 0.3 is 0 Å². The van der Waals surface area contributed by atoms with Crippen LogP contribution in [-0.2, 0) is 15.9 Å². The minimum absolute atomic E-state index is 0.795. The fourth-order valence-corrected chi connectivity index (χ4v) is 2.61. The second-order valence-electron chi connectivity index (χ2n) is 6.85. The summed E-state index contributed by atoms with van der Waals surface area (Å²) in [5, 5.41) is 6.68. The molecule has 0 bridgehead atoms. The summed E-state index contributed by atoms with van der Waals surface area (Å²) in [6.45, 7) is 5.20. The van der Waals surface area contributed by atoms with Crippen molar-refractivity contribution in [3.63, 3.8) is 0 Å². The monoisotopic (exact) mass is 361 g/mol. The molecule has 0 radical (unpaired) electrons. The molecule has 0 aliphatic heterocycles. The number of unbranched alkanes of at least 4 members (excludes halogenated alkanes) is 1. The summed E-state index contributed by atoms with van der Waals surface area (Å²) in [5.74, 6) is 1.72. The van der Waals surface area contributed by atoms with Gasteiger partial charge in [-0.05, 0) is 50.0 Å². The first kappa shape index (κ1) is 20.7. The predicted molar refractivity (Wildman–Crippen MR) is 108 cm³/mol. The van der Waals surface area contributed by atoms with Gasteiger partial charge in [-0.1, -0.05) is 30.3 Å². The molecule has 1 aromatic rings. The number of hydrogen-bond acceptors (Lipinski definition) is 3. The number of benzene rings is 1. The molecule has 0 aromatic heterocycles. The maximum absolute atomic E-state index is 5.71. The highest BCUT2D eigenvalue weighted by Crippen LogP contribution is 2.28. The first-order valence-electron chi connectivity index (χ1n) is 10.0. The molecule has 2 rings (SSSR count). The highest BCUT2D eigenvalue weighted by molar-refractivity contribution is 5.79. The molecule has 0 spiro atoms. The van der Waals surface area contributed by atoms with Crippen molar-refractivity contribution < 1.29 is 9.47 Å². The Kier molecular flexibility index (Phi) is 10.8. The van der Waals surface area contributed by atoms with Crippen LogP contribution in [0.3, 0.4) is 0 Å². The van der Waals surface area contributed by atoms with Gasteiger partial charge in [0.25, 0.3) is 0 Å². The second-order valence-corrected chi connectivity index (χ2v) is 6.85. The van der Waals surface area contributed by atoms with Gasteiger partial charge in [0.2, 0.25) is 0 Å². The molecule has 1 aliphatic carbocycles. The summed E-state index contributed by atoms with van der Waals surface area (Å²) >= 11 is 0. The van der Waals surface area contributed by atoms with Gasteiger partial charge < -0.3 is 20.1 Å². The predicted octanol–water partition coefficient (Wildman–Crippen LogP) is 3.01. The van der Waals surface area contributed by atoms with Crippen molar-refractivity contribution >= 4 is 5.96 Å². The van der Waals surface area contributed by atoms with Crippen LogP contribution in [0.15, 0.2) is 35.3 Å². The van der Waals surface area contributed by atoms with Gasteiger partial charge in [0.15, 0.2) is 5.96 Å². The van der Waals surface area contributed by atoms with E-state index in [9.17, 15) is 0 Å². The van der Waals surface area contributed by atoms with E-state index in [4.69, 9.17) is 9.47 Å². The Morgan fingerprint density at radius 3 is 2.42 bits per heavy atom. The average Bonchev–Trinajstić information content (AvgIpc) is 3.50. The molecule has 0 amide bonds. The number of nitrogens with zero attached hydrogens (tertiary/aromatic N) is 1. The summed E-state index contributed by atoms with van der Waals surface area (Å²) in [6.07, 6.45) is 6.85. The third kappa shape index (κ3) is 10.4. The first-order valence-corrected chi connectivity index (χ1v) is 10.0. The van der Waals surface area contributed by atoms with Crippen molar-refractivity contribution in [2.45, 2.75) is 38.5 Å². The highest BCUT2D eigenvalue weighted by atomic mass is 16.5. The third-order valence-electron chi connectivity index (χ3n) is 4.42. The van der Waals surface area contributed by atoms with Crippen molar-refractivity contribution in [1.29, 1.82) is 0 Å². The number of guanidine groups is 1. The summed E-state index contributed by atoms with van der Waals surface area (Å²) in [6, 6.07) is 10.5. The lowest BCUT2D eigenvalue weighted by Crippen LogP contribution is -2.38. The summed E-state index contributed by atoms with van der Waals surface area (Å²) in [4.78, 5) is 4.25. The van der Waals surface area contributed by atoms with Crippen LogP contribution >= 0.6 is 0 Å². The van der Waals surface area contributed by atoms with Crippen molar-refractivity contribution in [2.75, 3.05) is 46.6 Å². The van der Waals surface area contributed by atoms with Crippen LogP contribution < -0.4 is 10.6 Å². The fraction of sp³-hybridized carbons (Fsp3) is 0.667. The number of ether oxygens (including phenoxy) is 2. The number of nitrogens with one attached hydrogen (secondary N) is 2. The van der Waals surface area contributed by atoms with E-state index >= 15 is 0 Å². The Morgan fingerprint density at radius 2 is 1.69 bits per heavy atom. The van der Waals surface area contributed by atoms with Crippen molar-refractivity contribution in [1.82, 2.24) is 10.6 Å². The van der Waals surface area contributed by atoms with Gasteiger partial charge in [-0.25, -0.2) is 0 Å². The molecule has 1 fully saturated rings. The molecule has 26 heavy (non-hydrogen) atoms. The van der Waals surface area contributed by atoms with E-state index in [2.05, 4.69) is 39.9 Å². The number of aliphatic imine (C=N–C) groups is 1. The first-order chi connectivity index (χ1) is 12.9. The Hall–Kier alpha value is -1.59. The molecule has 0 heterocycles. The van der Waals surface area contributed by atoms with Gasteiger partial charge in [0, 0.05) is 40.0 Å². The van der Waals surface area contributed by atoms with Crippen LogP contribution in [0.5, 0.6) is 0 Å². The normalized spacial score (nSPS) is 14.4. The van der Waals surface area contributed by atoms with Crippen LogP contribution in [0.1, 0.15) is 37.7 Å². The highest BCUT2D eigenvalue weighted by Gasteiger charge is 2.20. The van der Waals surface area contributed by atoms with E-state index in [1.165, 1.54) is 18.4 Å². The van der Waals surface area contributed by atoms with E-state index in [1.807, 2.05) is 13.1 Å². The van der Waals surface area contributed by atoms with Crippen molar-refractivity contribution in [3.05, 3.63) is 35.9 Å². The Morgan fingerprint density at radius 1 is 0.962 bits per heavy atom. The SMILES string of the molecule is CN=C(NCCCCOCCc1ccccc1)NCCCOCC1CC1. The smallest absolute Gasteiger partial charge is 0.190 e. The van der Waals surface area contributed by atoms with Gasteiger partial charge in [0.1, 0.15) is 0 Å². The average molecular weight is 362 g/mol. The zero-order valence-corrected chi connectivity index (χ0v) is 16.2. The lowest BCUT2D eigenvalue weighted by Gasteiger charge is -2.12. The standard InChI is InChI=1S/C21H35N3O2/c1-22-21(24-14-7-16-26-18-20-10-11-20)23-13-5-6-15-25-17-12-19-8-3-2-4-9-19/h2-4,8-9,20H,5-7,10-18H2,1H3,(H2,22,23,24). The molecule has 5 heteroatoms. The Balaban J connectivity index is 1.35. The van der Waals surface area contributed by atoms with Gasteiger partial charge in [-0.2, -0.15) is 0 Å². The Bertz CT molecular complexity index is 489. The topological polar surface area (TPSA) is 54.9 Å². The summed E-state index contributed by atoms with van der Waals surface area (Å²) in [7, 11) is 1.81.